The van der Waals surface area contributed by atoms with Crippen molar-refractivity contribution < 1.29 is 28.4 Å². The number of hydrogen-bond donors (Lipinski definition) is 3. The number of fused-ring (bicyclic) bond motifs is 1. The molecule has 0 aliphatic heterocycles. The van der Waals surface area contributed by atoms with Crippen LogP contribution in [0.25, 0.3) is 10.9 Å². The molecule has 1 saturated carbocycles. The third kappa shape index (κ3) is 8.51. The Morgan fingerprint density at radius 1 is 1.09 bits per heavy atom. The summed E-state index contributed by atoms with van der Waals surface area (Å²) < 4.78 is 14.0. The van der Waals surface area contributed by atoms with Crippen LogP contribution < -0.4 is 10.6 Å². The lowest BCUT2D eigenvalue weighted by molar-refractivity contribution is -0.141. The van der Waals surface area contributed by atoms with Crippen LogP contribution in [0.15, 0.2) is 42.5 Å². The van der Waals surface area contributed by atoms with E-state index in [0.29, 0.717) is 45.8 Å². The molecule has 2 aromatic carbocycles. The zero-order chi connectivity index (χ0) is 31.5. The second-order valence-electron chi connectivity index (χ2n) is 12.1. The van der Waals surface area contributed by atoms with Crippen molar-refractivity contribution >= 4 is 63.3 Å². The van der Waals surface area contributed by atoms with Crippen LogP contribution in [0, 0.1) is 17.7 Å². The van der Waals surface area contributed by atoms with Crippen molar-refractivity contribution in [1.29, 1.82) is 0 Å². The van der Waals surface area contributed by atoms with Crippen LogP contribution in [0.3, 0.4) is 0 Å². The lowest BCUT2D eigenvalue weighted by Crippen LogP contribution is -2.53. The van der Waals surface area contributed by atoms with E-state index < -0.39 is 52.6 Å². The standard InChI is InChI=1S/C32H34Cl2FN3O5/c1-32(2,3)38-31(43)29(41)26(12-18-7-5-9-27(18)39)37-30(42)19(10-17-6-4-8-21(35)11-17)13-28(40)25-16-22-23(34)14-20(33)15-24(22)36-25/h4,6,8,11,14-16,18-19,26,36H,5,7,9-10,12-13H2,1-3H3,(H,37,42)(H,38,43)/t18-,19+,26-/m0/s1. The lowest BCUT2D eigenvalue weighted by atomic mass is 9.90. The van der Waals surface area contributed by atoms with Gasteiger partial charge in [0.25, 0.3) is 5.91 Å². The van der Waals surface area contributed by atoms with Crippen molar-refractivity contribution in [2.45, 2.75) is 70.9 Å². The van der Waals surface area contributed by atoms with Gasteiger partial charge in [-0.3, -0.25) is 24.0 Å². The third-order valence-corrected chi connectivity index (χ3v) is 7.95. The Hall–Kier alpha value is -3.56. The van der Waals surface area contributed by atoms with Gasteiger partial charge in [0.2, 0.25) is 11.7 Å². The van der Waals surface area contributed by atoms with E-state index in [9.17, 15) is 28.4 Å². The van der Waals surface area contributed by atoms with Gasteiger partial charge in [0.1, 0.15) is 11.6 Å². The van der Waals surface area contributed by atoms with Crippen molar-refractivity contribution in [3.05, 3.63) is 69.6 Å². The van der Waals surface area contributed by atoms with E-state index in [-0.39, 0.29) is 30.7 Å². The van der Waals surface area contributed by atoms with Crippen LogP contribution in [0.2, 0.25) is 10.0 Å². The Bertz CT molecular complexity index is 1580. The molecule has 8 nitrogen and oxygen atoms in total. The number of halogens is 3. The van der Waals surface area contributed by atoms with Gasteiger partial charge < -0.3 is 15.6 Å². The van der Waals surface area contributed by atoms with Crippen LogP contribution in [0.4, 0.5) is 4.39 Å². The second-order valence-corrected chi connectivity index (χ2v) is 13.0. The summed E-state index contributed by atoms with van der Waals surface area (Å²) in [7, 11) is 0. The molecule has 4 rings (SSSR count). The fourth-order valence-corrected chi connectivity index (χ4v) is 5.90. The molecule has 1 fully saturated rings. The first-order valence-corrected chi connectivity index (χ1v) is 14.9. The molecule has 3 atom stereocenters. The van der Waals surface area contributed by atoms with E-state index in [0.717, 1.165) is 0 Å². The first-order valence-electron chi connectivity index (χ1n) is 14.1. The molecule has 2 amide bonds. The Morgan fingerprint density at radius 3 is 2.49 bits per heavy atom. The van der Waals surface area contributed by atoms with Crippen LogP contribution >= 0.6 is 23.2 Å². The highest BCUT2D eigenvalue weighted by molar-refractivity contribution is 6.39. The zero-order valence-electron chi connectivity index (χ0n) is 24.2. The van der Waals surface area contributed by atoms with Gasteiger partial charge >= 0.3 is 0 Å². The average molecular weight is 631 g/mol. The average Bonchev–Trinajstić information content (AvgIpc) is 3.52. The molecule has 0 spiro atoms. The number of carbonyl (C=O) groups excluding carboxylic acids is 5. The molecule has 3 N–H and O–H groups in total. The summed E-state index contributed by atoms with van der Waals surface area (Å²) in [5, 5.41) is 6.60. The molecule has 1 heterocycles. The van der Waals surface area contributed by atoms with Crippen LogP contribution in [0.5, 0.6) is 0 Å². The molecule has 0 saturated heterocycles. The Labute approximate surface area is 259 Å². The third-order valence-electron chi connectivity index (χ3n) is 7.42. The lowest BCUT2D eigenvalue weighted by Gasteiger charge is -2.25. The topological polar surface area (TPSA) is 125 Å². The van der Waals surface area contributed by atoms with Gasteiger partial charge in [0.15, 0.2) is 5.78 Å². The largest absolute Gasteiger partial charge is 0.352 e. The molecule has 11 heteroatoms. The Kier molecular flexibility index (Phi) is 10.1. The first-order chi connectivity index (χ1) is 20.2. The molecule has 228 valence electrons. The number of carbonyl (C=O) groups is 5. The number of Topliss-reactive ketones (excluding diaryl/α,β-unsaturated/α-hetero) is 3. The van der Waals surface area contributed by atoms with Gasteiger partial charge in [0, 0.05) is 46.1 Å². The quantitative estimate of drug-likeness (QED) is 0.183. The Balaban J connectivity index is 1.61. The number of benzene rings is 2. The SMILES string of the molecule is CC(C)(C)NC(=O)C(=O)[C@H](C[C@@H]1CCCC1=O)NC(=O)[C@@H](CC(=O)c1cc2c(Cl)cc(Cl)cc2[nH]1)Cc1cccc(F)c1. The molecule has 1 aromatic heterocycles. The summed E-state index contributed by atoms with van der Waals surface area (Å²) in [6, 6.07) is 9.14. The molecular formula is C32H34Cl2FN3O5. The smallest absolute Gasteiger partial charge is 0.290 e. The molecular weight excluding hydrogens is 596 g/mol. The molecule has 1 aliphatic carbocycles. The van der Waals surface area contributed by atoms with Gasteiger partial charge in [-0.05, 0) is 82.3 Å². The predicted octanol–water partition coefficient (Wildman–Crippen LogP) is 5.77. The number of nitrogens with one attached hydrogen (secondary N) is 3. The fourth-order valence-electron chi connectivity index (χ4n) is 5.35. The monoisotopic (exact) mass is 629 g/mol. The minimum atomic E-state index is -1.28. The number of amides is 2. The second kappa shape index (κ2) is 13.4. The van der Waals surface area contributed by atoms with Crippen molar-refractivity contribution in [2.24, 2.45) is 11.8 Å². The summed E-state index contributed by atoms with van der Waals surface area (Å²) in [6.07, 6.45) is 1.27. The normalized spacial score (nSPS) is 16.6. The molecule has 3 aromatic rings. The number of rotatable bonds is 11. The number of aromatic amines is 1. The number of H-pyrrole nitrogens is 1. The number of hydrogen-bond acceptors (Lipinski definition) is 5. The number of aromatic nitrogens is 1. The molecule has 0 bridgehead atoms. The van der Waals surface area contributed by atoms with E-state index in [1.807, 2.05) is 0 Å². The fraction of sp³-hybridized carbons (Fsp3) is 0.406. The minimum absolute atomic E-state index is 0.0143. The Morgan fingerprint density at radius 2 is 1.84 bits per heavy atom. The molecule has 0 radical (unpaired) electrons. The first kappa shape index (κ1) is 32.4. The maximum atomic E-state index is 14.0. The molecule has 43 heavy (non-hydrogen) atoms. The van der Waals surface area contributed by atoms with Gasteiger partial charge in [-0.15, -0.1) is 0 Å². The van der Waals surface area contributed by atoms with Gasteiger partial charge in [-0.1, -0.05) is 35.3 Å². The van der Waals surface area contributed by atoms with E-state index in [4.69, 9.17) is 23.2 Å². The summed E-state index contributed by atoms with van der Waals surface area (Å²) in [4.78, 5) is 68.7. The highest BCUT2D eigenvalue weighted by atomic mass is 35.5. The maximum Gasteiger partial charge on any atom is 0.290 e. The summed E-state index contributed by atoms with van der Waals surface area (Å²) in [5.41, 5.74) is 0.510. The van der Waals surface area contributed by atoms with Crippen LogP contribution in [-0.2, 0) is 25.6 Å². The van der Waals surface area contributed by atoms with Crippen molar-refractivity contribution in [1.82, 2.24) is 15.6 Å². The van der Waals surface area contributed by atoms with E-state index in [1.54, 1.807) is 45.0 Å². The molecule has 1 aliphatic rings. The van der Waals surface area contributed by atoms with E-state index in [2.05, 4.69) is 15.6 Å². The van der Waals surface area contributed by atoms with E-state index >= 15 is 0 Å². The highest BCUT2D eigenvalue weighted by Gasteiger charge is 2.36. The van der Waals surface area contributed by atoms with Crippen molar-refractivity contribution in [3.8, 4) is 0 Å². The summed E-state index contributed by atoms with van der Waals surface area (Å²) in [5.74, 6) is -4.86. The highest BCUT2D eigenvalue weighted by Crippen LogP contribution is 2.30. The summed E-state index contributed by atoms with van der Waals surface area (Å²) >= 11 is 12.4. The number of ketones is 3. The van der Waals surface area contributed by atoms with E-state index in [1.165, 1.54) is 18.2 Å². The van der Waals surface area contributed by atoms with Gasteiger partial charge in [-0.2, -0.15) is 0 Å². The van der Waals surface area contributed by atoms with Crippen LogP contribution in [0.1, 0.15) is 68.9 Å². The van der Waals surface area contributed by atoms with Crippen molar-refractivity contribution in [3.63, 3.8) is 0 Å². The molecule has 0 unspecified atom stereocenters. The predicted molar refractivity (Wildman–Crippen MR) is 163 cm³/mol. The van der Waals surface area contributed by atoms with Gasteiger partial charge in [0.05, 0.1) is 16.8 Å². The summed E-state index contributed by atoms with van der Waals surface area (Å²) in [6.45, 7) is 5.16. The van der Waals surface area contributed by atoms with Crippen LogP contribution in [-0.4, -0.2) is 45.7 Å². The minimum Gasteiger partial charge on any atom is -0.352 e. The van der Waals surface area contributed by atoms with Gasteiger partial charge in [-0.25, -0.2) is 4.39 Å². The maximum absolute atomic E-state index is 14.0. The van der Waals surface area contributed by atoms with Crippen molar-refractivity contribution in [2.75, 3.05) is 0 Å². The zero-order valence-corrected chi connectivity index (χ0v) is 25.7.